The van der Waals surface area contributed by atoms with E-state index in [2.05, 4.69) is 35.4 Å². The molecule has 8 nitrogen and oxygen atoms in total. The molecule has 1 aromatic heterocycles. The summed E-state index contributed by atoms with van der Waals surface area (Å²) in [5, 5.41) is 8.61. The Kier molecular flexibility index (Phi) is 7.68. The van der Waals surface area contributed by atoms with Crippen LogP contribution in [0.2, 0.25) is 0 Å². The Hall–Kier alpha value is -2.52. The highest BCUT2D eigenvalue weighted by atomic mass is 32.1. The monoisotopic (exact) mass is 391 g/mol. The maximum absolute atomic E-state index is 12.6. The fourth-order valence-electron chi connectivity index (χ4n) is 2.63. The Morgan fingerprint density at radius 1 is 1.22 bits per heavy atom. The molecule has 2 rings (SSSR count). The van der Waals surface area contributed by atoms with Crippen molar-refractivity contribution in [3.63, 3.8) is 0 Å². The van der Waals surface area contributed by atoms with E-state index in [1.54, 1.807) is 24.3 Å². The molecule has 0 spiro atoms. The first-order valence-electron chi connectivity index (χ1n) is 9.07. The topological polar surface area (TPSA) is 92.5 Å². The van der Waals surface area contributed by atoms with Crippen molar-refractivity contribution in [3.05, 3.63) is 40.3 Å². The Labute approximate surface area is 163 Å². The number of hydrazine groups is 1. The quantitative estimate of drug-likeness (QED) is 0.288. The summed E-state index contributed by atoms with van der Waals surface area (Å²) in [5.41, 5.74) is 5.23. The lowest BCUT2D eigenvalue weighted by Crippen LogP contribution is -3.05. The third-order valence-corrected chi connectivity index (χ3v) is 4.19. The molecule has 0 aliphatic carbocycles. The normalized spacial score (nSPS) is 10.8. The summed E-state index contributed by atoms with van der Waals surface area (Å²) < 4.78 is 1.33. The van der Waals surface area contributed by atoms with Crippen LogP contribution in [0.4, 0.5) is 0 Å². The highest BCUT2D eigenvalue weighted by Crippen LogP contribution is 2.13. The van der Waals surface area contributed by atoms with Crippen LogP contribution in [-0.2, 0) is 6.54 Å². The van der Waals surface area contributed by atoms with Gasteiger partial charge >= 0.3 is 0 Å². The van der Waals surface area contributed by atoms with Gasteiger partial charge in [0.15, 0.2) is 10.8 Å². The molecule has 0 fully saturated rings. The summed E-state index contributed by atoms with van der Waals surface area (Å²) >= 11 is 5.17. The summed E-state index contributed by atoms with van der Waals surface area (Å²) in [6.07, 6.45) is 1.71. The number of carbonyl (C=O) groups is 1. The van der Waals surface area contributed by atoms with Gasteiger partial charge in [0.05, 0.1) is 26.0 Å². The lowest BCUT2D eigenvalue weighted by Gasteiger charge is -2.13. The number of carbonyl (C=O) groups excluding carboxylic acids is 1. The number of nitrogens with one attached hydrogen (secondary N) is 4. The molecule has 9 heteroatoms. The van der Waals surface area contributed by atoms with Crippen molar-refractivity contribution in [2.24, 2.45) is 0 Å². The van der Waals surface area contributed by atoms with Crippen LogP contribution in [-0.4, -0.2) is 48.0 Å². The average Bonchev–Trinajstić information content (AvgIpc) is 2.65. The third-order valence-electron chi connectivity index (χ3n) is 3.95. The van der Waals surface area contributed by atoms with E-state index < -0.39 is 5.91 Å². The molecule has 1 amide bonds. The molecule has 0 unspecified atom stereocenters. The van der Waals surface area contributed by atoms with Gasteiger partial charge in [-0.05, 0) is 24.7 Å². The van der Waals surface area contributed by atoms with Crippen molar-refractivity contribution in [3.8, 4) is 0 Å². The number of amides is 1. The van der Waals surface area contributed by atoms with E-state index in [0.717, 1.165) is 25.9 Å². The van der Waals surface area contributed by atoms with Crippen molar-refractivity contribution >= 4 is 34.0 Å². The maximum Gasteiger partial charge on any atom is 0.290 e. The van der Waals surface area contributed by atoms with Gasteiger partial charge in [-0.3, -0.25) is 20.4 Å². The van der Waals surface area contributed by atoms with Gasteiger partial charge in [0.1, 0.15) is 0 Å². The van der Waals surface area contributed by atoms with Crippen molar-refractivity contribution in [1.82, 2.24) is 25.9 Å². The number of nitrogens with zero attached hydrogens (tertiary/aromatic N) is 2. The second-order valence-electron chi connectivity index (χ2n) is 6.57. The molecule has 2 aromatic rings. The number of rotatable bonds is 7. The molecule has 0 atom stereocenters. The van der Waals surface area contributed by atoms with Crippen molar-refractivity contribution in [1.29, 1.82) is 0 Å². The van der Waals surface area contributed by atoms with Gasteiger partial charge in [-0.2, -0.15) is 5.10 Å². The number of thiocarbonyl (C=S) groups is 1. The molecule has 27 heavy (non-hydrogen) atoms. The zero-order chi connectivity index (χ0) is 19.8. The molecule has 1 aromatic carbocycles. The van der Waals surface area contributed by atoms with E-state index in [9.17, 15) is 9.59 Å². The van der Waals surface area contributed by atoms with E-state index in [1.165, 1.54) is 9.58 Å². The highest BCUT2D eigenvalue weighted by Gasteiger charge is 2.16. The predicted octanol–water partition coefficient (Wildman–Crippen LogP) is -0.550. The van der Waals surface area contributed by atoms with Crippen LogP contribution >= 0.6 is 12.2 Å². The molecule has 1 heterocycles. The van der Waals surface area contributed by atoms with E-state index >= 15 is 0 Å². The number of fused-ring (bicyclic) bond motifs is 1. The van der Waals surface area contributed by atoms with Gasteiger partial charge in [0, 0.05) is 24.9 Å². The zero-order valence-corrected chi connectivity index (χ0v) is 16.8. The minimum Gasteiger partial charge on any atom is -0.361 e. The third kappa shape index (κ3) is 5.73. The van der Waals surface area contributed by atoms with Crippen molar-refractivity contribution < 1.29 is 9.69 Å². The molecule has 146 valence electrons. The number of aryl methyl sites for hydroxylation is 1. The Bertz CT molecular complexity index is 865. The maximum atomic E-state index is 12.6. The lowest BCUT2D eigenvalue weighted by atomic mass is 10.1. The van der Waals surface area contributed by atoms with E-state index in [1.807, 2.05) is 6.92 Å². The number of hydrogen-bond donors (Lipinski definition) is 4. The van der Waals surface area contributed by atoms with E-state index in [-0.39, 0.29) is 11.3 Å². The fourth-order valence-corrected chi connectivity index (χ4v) is 2.78. The summed E-state index contributed by atoms with van der Waals surface area (Å²) in [4.78, 5) is 26.4. The van der Waals surface area contributed by atoms with Crippen LogP contribution in [0, 0.1) is 0 Å². The summed E-state index contributed by atoms with van der Waals surface area (Å²) in [6.45, 7) is 4.14. The minimum atomic E-state index is -0.446. The summed E-state index contributed by atoms with van der Waals surface area (Å²) in [6, 6.07) is 6.97. The van der Waals surface area contributed by atoms with Crippen LogP contribution in [0.15, 0.2) is 29.1 Å². The van der Waals surface area contributed by atoms with Gasteiger partial charge in [-0.25, -0.2) is 4.68 Å². The van der Waals surface area contributed by atoms with Crippen LogP contribution in [0.25, 0.3) is 10.8 Å². The van der Waals surface area contributed by atoms with Crippen LogP contribution in [0.5, 0.6) is 0 Å². The second kappa shape index (κ2) is 9.98. The Balaban J connectivity index is 2.07. The number of aromatic nitrogens is 2. The van der Waals surface area contributed by atoms with Crippen LogP contribution in [0.1, 0.15) is 30.3 Å². The van der Waals surface area contributed by atoms with Gasteiger partial charge < -0.3 is 10.2 Å². The molecule has 4 N–H and O–H groups in total. The van der Waals surface area contributed by atoms with Gasteiger partial charge in [0.2, 0.25) is 0 Å². The van der Waals surface area contributed by atoms with E-state index in [0.29, 0.717) is 22.4 Å². The largest absolute Gasteiger partial charge is 0.361 e. The van der Waals surface area contributed by atoms with Gasteiger partial charge in [-0.1, -0.05) is 25.1 Å². The molecule has 0 saturated carbocycles. The summed E-state index contributed by atoms with van der Waals surface area (Å²) in [7, 11) is 4.18. The molecular formula is C18H27N6O2S+. The predicted molar refractivity (Wildman–Crippen MR) is 110 cm³/mol. The van der Waals surface area contributed by atoms with Gasteiger partial charge in [-0.15, -0.1) is 0 Å². The molecule has 0 radical (unpaired) electrons. The molecule has 0 aliphatic rings. The van der Waals surface area contributed by atoms with Crippen LogP contribution in [0.3, 0.4) is 0 Å². The van der Waals surface area contributed by atoms with Crippen LogP contribution < -0.4 is 26.6 Å². The first kappa shape index (κ1) is 20.8. The first-order chi connectivity index (χ1) is 12.9. The Morgan fingerprint density at radius 3 is 2.59 bits per heavy atom. The zero-order valence-electron chi connectivity index (χ0n) is 16.0. The SMILES string of the molecule is CCCn1nc(C(=O)NNC(=S)NCCC[NH+](C)C)c2ccccc2c1=O. The molecule has 0 aliphatic heterocycles. The number of hydrogen-bond acceptors (Lipinski definition) is 4. The standard InChI is InChI=1S/C18H26N6O2S/c1-4-11-24-17(26)14-9-6-5-8-13(14)15(22-24)16(25)20-21-18(27)19-10-7-12-23(2)3/h5-6,8-9H,4,7,10-12H2,1-3H3,(H,20,25)(H2,19,21,27)/p+1. The lowest BCUT2D eigenvalue weighted by molar-refractivity contribution is -0.858. The second-order valence-corrected chi connectivity index (χ2v) is 6.98. The van der Waals surface area contributed by atoms with Crippen molar-refractivity contribution in [2.45, 2.75) is 26.3 Å². The number of quaternary nitrogens is 1. The van der Waals surface area contributed by atoms with E-state index in [4.69, 9.17) is 12.2 Å². The minimum absolute atomic E-state index is 0.185. The fraction of sp³-hybridized carbons (Fsp3) is 0.444. The smallest absolute Gasteiger partial charge is 0.290 e. The summed E-state index contributed by atoms with van der Waals surface area (Å²) in [5.74, 6) is -0.446. The van der Waals surface area contributed by atoms with Gasteiger partial charge in [0.25, 0.3) is 11.5 Å². The first-order valence-corrected chi connectivity index (χ1v) is 9.48. The average molecular weight is 392 g/mol. The Morgan fingerprint density at radius 2 is 1.93 bits per heavy atom. The molecular weight excluding hydrogens is 364 g/mol. The highest BCUT2D eigenvalue weighted by molar-refractivity contribution is 7.80. The molecule has 0 saturated heterocycles. The van der Waals surface area contributed by atoms with Crippen molar-refractivity contribution in [2.75, 3.05) is 27.2 Å². The molecule has 0 bridgehead atoms. The number of benzene rings is 1.